The summed E-state index contributed by atoms with van der Waals surface area (Å²) >= 11 is 0. The first kappa shape index (κ1) is 15.5. The van der Waals surface area contributed by atoms with Gasteiger partial charge in [0.05, 0.1) is 12.2 Å². The second-order valence-corrected chi connectivity index (χ2v) is 5.21. The van der Waals surface area contributed by atoms with Crippen LogP contribution in [0.25, 0.3) is 0 Å². The van der Waals surface area contributed by atoms with E-state index in [0.717, 1.165) is 24.5 Å². The Morgan fingerprint density at radius 3 is 2.95 bits per heavy atom. The van der Waals surface area contributed by atoms with E-state index < -0.39 is 0 Å². The molecule has 1 N–H and O–H groups in total. The van der Waals surface area contributed by atoms with Crippen molar-refractivity contribution >= 4 is 11.7 Å². The molecule has 1 amide bonds. The lowest BCUT2D eigenvalue weighted by atomic mass is 10.1. The van der Waals surface area contributed by atoms with Crippen LogP contribution in [0.5, 0.6) is 5.88 Å². The topological polar surface area (TPSA) is 70.6 Å². The third kappa shape index (κ3) is 3.24. The number of carbonyl (C=O) groups excluding carboxylic acids is 1. The Morgan fingerprint density at radius 2 is 2.29 bits per heavy atom. The van der Waals surface area contributed by atoms with Crippen LogP contribution in [-0.4, -0.2) is 67.2 Å². The number of nitrogens with one attached hydrogen (secondary N) is 1. The minimum atomic E-state index is -0.253. The van der Waals surface area contributed by atoms with Crippen LogP contribution in [0.1, 0.15) is 12.5 Å². The van der Waals surface area contributed by atoms with Gasteiger partial charge in [-0.2, -0.15) is 0 Å². The van der Waals surface area contributed by atoms with Crippen LogP contribution in [0.2, 0.25) is 0 Å². The summed E-state index contributed by atoms with van der Waals surface area (Å²) in [6.07, 6.45) is 1.49. The van der Waals surface area contributed by atoms with Gasteiger partial charge in [-0.15, -0.1) is 0 Å². The smallest absolute Gasteiger partial charge is 0.246 e. The molecule has 7 heteroatoms. The highest BCUT2D eigenvalue weighted by atomic mass is 16.5. The van der Waals surface area contributed by atoms with Crippen molar-refractivity contribution in [3.8, 4) is 5.88 Å². The first-order chi connectivity index (χ1) is 10.1. The molecule has 0 radical (unpaired) electrons. The highest BCUT2D eigenvalue weighted by Crippen LogP contribution is 2.26. The average Bonchev–Trinajstić information content (AvgIpc) is 2.49. The van der Waals surface area contributed by atoms with Gasteiger partial charge in [0.2, 0.25) is 11.8 Å². The highest BCUT2D eigenvalue weighted by Gasteiger charge is 2.32. The van der Waals surface area contributed by atoms with Gasteiger partial charge in [0, 0.05) is 33.7 Å². The summed E-state index contributed by atoms with van der Waals surface area (Å²) in [6.45, 7) is 6.57. The van der Waals surface area contributed by atoms with E-state index in [1.54, 1.807) is 19.0 Å². The monoisotopic (exact) mass is 293 g/mol. The van der Waals surface area contributed by atoms with Crippen molar-refractivity contribution in [3.05, 3.63) is 11.9 Å². The number of nitrogens with zero attached hydrogens (tertiary/aromatic N) is 4. The summed E-state index contributed by atoms with van der Waals surface area (Å²) in [5, 5.41) is 3.27. The number of amides is 1. The highest BCUT2D eigenvalue weighted by molar-refractivity contribution is 5.85. The van der Waals surface area contributed by atoms with Gasteiger partial charge in [0.15, 0.2) is 0 Å². The minimum Gasteiger partial charge on any atom is -0.478 e. The maximum Gasteiger partial charge on any atom is 0.246 e. The summed E-state index contributed by atoms with van der Waals surface area (Å²) in [5.41, 5.74) is 0.873. The molecule has 2 rings (SSSR count). The molecule has 1 aliphatic rings. The van der Waals surface area contributed by atoms with Crippen LogP contribution in [0.4, 0.5) is 5.82 Å². The van der Waals surface area contributed by atoms with E-state index in [9.17, 15) is 4.79 Å². The molecule has 0 aromatic carbocycles. The third-order valence-electron chi connectivity index (χ3n) is 3.53. The fourth-order valence-electron chi connectivity index (χ4n) is 2.47. The van der Waals surface area contributed by atoms with Crippen LogP contribution in [0.3, 0.4) is 0 Å². The normalized spacial score (nSPS) is 18.5. The number of carbonyl (C=O) groups is 1. The molecule has 0 spiro atoms. The Kier molecular flexibility index (Phi) is 4.95. The number of ether oxygens (including phenoxy) is 1. The molecule has 1 saturated heterocycles. The van der Waals surface area contributed by atoms with Gasteiger partial charge in [-0.1, -0.05) is 0 Å². The molecule has 2 heterocycles. The number of likely N-dealkylation sites (N-methyl/N-ethyl adjacent to an activating group) is 1. The molecule has 116 valence electrons. The minimum absolute atomic E-state index is 0.0678. The molecular formula is C14H23N5O2. The van der Waals surface area contributed by atoms with E-state index in [0.29, 0.717) is 19.0 Å². The summed E-state index contributed by atoms with van der Waals surface area (Å²) in [6, 6.07) is -0.253. The zero-order valence-corrected chi connectivity index (χ0v) is 13.1. The Labute approximate surface area is 125 Å². The molecule has 1 aromatic heterocycles. The van der Waals surface area contributed by atoms with Gasteiger partial charge in [-0.25, -0.2) is 9.97 Å². The second-order valence-electron chi connectivity index (χ2n) is 5.21. The lowest BCUT2D eigenvalue weighted by molar-refractivity contribution is -0.130. The quantitative estimate of drug-likeness (QED) is 0.846. The molecule has 7 nitrogen and oxygen atoms in total. The summed E-state index contributed by atoms with van der Waals surface area (Å²) in [7, 11) is 3.54. The molecule has 1 aromatic rings. The molecule has 1 aliphatic heterocycles. The third-order valence-corrected chi connectivity index (χ3v) is 3.53. The molecule has 0 bridgehead atoms. The van der Waals surface area contributed by atoms with E-state index in [1.165, 1.54) is 6.33 Å². The molecule has 1 atom stereocenters. The van der Waals surface area contributed by atoms with Gasteiger partial charge in [0.1, 0.15) is 18.2 Å². The second kappa shape index (κ2) is 6.71. The van der Waals surface area contributed by atoms with Crippen molar-refractivity contribution in [1.82, 2.24) is 20.2 Å². The average molecular weight is 293 g/mol. The predicted molar refractivity (Wildman–Crippen MR) is 80.6 cm³/mol. The summed E-state index contributed by atoms with van der Waals surface area (Å²) in [4.78, 5) is 24.6. The lowest BCUT2D eigenvalue weighted by Crippen LogP contribution is -2.58. The van der Waals surface area contributed by atoms with Crippen molar-refractivity contribution in [2.24, 2.45) is 0 Å². The van der Waals surface area contributed by atoms with E-state index in [4.69, 9.17) is 4.74 Å². The van der Waals surface area contributed by atoms with Gasteiger partial charge in [-0.3, -0.25) is 4.79 Å². The maximum atomic E-state index is 12.4. The fraction of sp³-hybridized carbons (Fsp3) is 0.643. The number of rotatable bonds is 4. The number of aromatic nitrogens is 2. The molecule has 1 fully saturated rings. The van der Waals surface area contributed by atoms with Gasteiger partial charge in [-0.05, 0) is 13.8 Å². The van der Waals surface area contributed by atoms with Crippen LogP contribution in [0.15, 0.2) is 6.33 Å². The first-order valence-electron chi connectivity index (χ1n) is 7.19. The van der Waals surface area contributed by atoms with Crippen LogP contribution in [-0.2, 0) is 4.79 Å². The van der Waals surface area contributed by atoms with E-state index in [2.05, 4.69) is 15.3 Å². The lowest BCUT2D eigenvalue weighted by Gasteiger charge is -2.37. The Morgan fingerprint density at radius 1 is 1.52 bits per heavy atom. The van der Waals surface area contributed by atoms with Crippen molar-refractivity contribution in [1.29, 1.82) is 0 Å². The van der Waals surface area contributed by atoms with Gasteiger partial charge in [0.25, 0.3) is 0 Å². The Balaban J connectivity index is 2.33. The molecule has 21 heavy (non-hydrogen) atoms. The van der Waals surface area contributed by atoms with Gasteiger partial charge >= 0.3 is 0 Å². The maximum absolute atomic E-state index is 12.4. The molecular weight excluding hydrogens is 270 g/mol. The number of hydrogen-bond donors (Lipinski definition) is 1. The molecule has 0 aliphatic carbocycles. The number of anilines is 1. The van der Waals surface area contributed by atoms with Crippen molar-refractivity contribution in [2.75, 3.05) is 45.2 Å². The van der Waals surface area contributed by atoms with Crippen molar-refractivity contribution < 1.29 is 9.53 Å². The van der Waals surface area contributed by atoms with Crippen LogP contribution < -0.4 is 15.0 Å². The molecule has 1 unspecified atom stereocenters. The number of hydrogen-bond acceptors (Lipinski definition) is 6. The summed E-state index contributed by atoms with van der Waals surface area (Å²) in [5.74, 6) is 1.42. The van der Waals surface area contributed by atoms with Crippen molar-refractivity contribution in [3.63, 3.8) is 0 Å². The van der Waals surface area contributed by atoms with Gasteiger partial charge < -0.3 is 19.9 Å². The fourth-order valence-corrected chi connectivity index (χ4v) is 2.47. The predicted octanol–water partition coefficient (Wildman–Crippen LogP) is 0.0501. The SMILES string of the molecule is CCOc1ncnc(N2CCNCC2C(=O)N(C)C)c1C. The van der Waals surface area contributed by atoms with E-state index >= 15 is 0 Å². The van der Waals surface area contributed by atoms with Crippen molar-refractivity contribution in [2.45, 2.75) is 19.9 Å². The van der Waals surface area contributed by atoms with Crippen LogP contribution in [0, 0.1) is 6.92 Å². The largest absolute Gasteiger partial charge is 0.478 e. The summed E-state index contributed by atoms with van der Waals surface area (Å²) < 4.78 is 5.52. The van der Waals surface area contributed by atoms with Crippen LogP contribution >= 0.6 is 0 Å². The number of piperazine rings is 1. The Bertz CT molecular complexity index is 506. The molecule has 0 saturated carbocycles. The van der Waals surface area contributed by atoms with E-state index in [1.807, 2.05) is 18.7 Å². The van der Waals surface area contributed by atoms with E-state index in [-0.39, 0.29) is 11.9 Å². The first-order valence-corrected chi connectivity index (χ1v) is 7.19. The zero-order valence-electron chi connectivity index (χ0n) is 13.1. The Hall–Kier alpha value is -1.89. The zero-order chi connectivity index (χ0) is 15.4. The standard InChI is InChI=1S/C14H23N5O2/c1-5-21-13-10(2)12(16-9-17-13)19-7-6-15-8-11(19)14(20)18(3)4/h9,11,15H,5-8H2,1-4H3.